The van der Waals surface area contributed by atoms with E-state index in [1.807, 2.05) is 6.92 Å². The van der Waals surface area contributed by atoms with Crippen molar-refractivity contribution in [1.82, 2.24) is 4.72 Å². The van der Waals surface area contributed by atoms with Crippen molar-refractivity contribution in [1.29, 1.82) is 0 Å². The number of hydrogen-bond acceptors (Lipinski definition) is 3. The lowest BCUT2D eigenvalue weighted by Gasteiger charge is -2.10. The van der Waals surface area contributed by atoms with Gasteiger partial charge in [-0.25, -0.2) is 13.1 Å². The standard InChI is InChI=1S/C11H17NO3S/c1-4-15-10-5-7-11(8-6-10)16(13,14)12-9(2)3/h5-9,12H,4H2,1-3H3. The van der Waals surface area contributed by atoms with Crippen molar-refractivity contribution in [2.45, 2.75) is 31.7 Å². The van der Waals surface area contributed by atoms with Crippen molar-refractivity contribution in [3.63, 3.8) is 0 Å². The van der Waals surface area contributed by atoms with Crippen LogP contribution in [0.1, 0.15) is 20.8 Å². The molecular weight excluding hydrogens is 226 g/mol. The molecular formula is C11H17NO3S. The van der Waals surface area contributed by atoms with Crippen LogP contribution in [0.5, 0.6) is 5.75 Å². The summed E-state index contributed by atoms with van der Waals surface area (Å²) in [4.78, 5) is 0.254. The molecule has 1 N–H and O–H groups in total. The van der Waals surface area contributed by atoms with E-state index in [2.05, 4.69) is 4.72 Å². The second kappa shape index (κ2) is 5.32. The topological polar surface area (TPSA) is 55.4 Å². The Morgan fingerprint density at radius 2 is 1.81 bits per heavy atom. The molecule has 0 fully saturated rings. The van der Waals surface area contributed by atoms with E-state index in [1.54, 1.807) is 26.0 Å². The van der Waals surface area contributed by atoms with Gasteiger partial charge in [0.15, 0.2) is 0 Å². The van der Waals surface area contributed by atoms with E-state index < -0.39 is 10.0 Å². The third-order valence-corrected chi connectivity index (χ3v) is 3.51. The van der Waals surface area contributed by atoms with Gasteiger partial charge in [-0.1, -0.05) is 0 Å². The highest BCUT2D eigenvalue weighted by atomic mass is 32.2. The first-order valence-corrected chi connectivity index (χ1v) is 6.69. The van der Waals surface area contributed by atoms with E-state index in [0.29, 0.717) is 12.4 Å². The van der Waals surface area contributed by atoms with Crippen LogP contribution in [0.3, 0.4) is 0 Å². The minimum absolute atomic E-state index is 0.114. The van der Waals surface area contributed by atoms with Crippen LogP contribution in [0.15, 0.2) is 29.2 Å². The third kappa shape index (κ3) is 3.50. The molecule has 0 amide bonds. The highest BCUT2D eigenvalue weighted by Crippen LogP contribution is 2.15. The van der Waals surface area contributed by atoms with Gasteiger partial charge in [0.05, 0.1) is 11.5 Å². The summed E-state index contributed by atoms with van der Waals surface area (Å²) in [6.07, 6.45) is 0. The van der Waals surface area contributed by atoms with Gasteiger partial charge in [0.25, 0.3) is 0 Å². The lowest BCUT2D eigenvalue weighted by atomic mass is 10.3. The van der Waals surface area contributed by atoms with Crippen LogP contribution in [0.4, 0.5) is 0 Å². The van der Waals surface area contributed by atoms with Crippen LogP contribution in [0.2, 0.25) is 0 Å². The Bertz CT molecular complexity index is 423. The summed E-state index contributed by atoms with van der Waals surface area (Å²) < 4.78 is 31.3. The molecule has 0 aliphatic rings. The predicted octanol–water partition coefficient (Wildman–Crippen LogP) is 1.77. The average molecular weight is 243 g/mol. The molecule has 1 rings (SSSR count). The number of rotatable bonds is 5. The second-order valence-electron chi connectivity index (χ2n) is 3.68. The van der Waals surface area contributed by atoms with Crippen LogP contribution in [-0.4, -0.2) is 21.1 Å². The minimum Gasteiger partial charge on any atom is -0.494 e. The van der Waals surface area contributed by atoms with E-state index in [1.165, 1.54) is 12.1 Å². The fourth-order valence-electron chi connectivity index (χ4n) is 1.26. The smallest absolute Gasteiger partial charge is 0.240 e. The fraction of sp³-hybridized carbons (Fsp3) is 0.455. The van der Waals surface area contributed by atoms with Crippen LogP contribution in [0, 0.1) is 0 Å². The van der Waals surface area contributed by atoms with Crippen LogP contribution < -0.4 is 9.46 Å². The molecule has 0 saturated heterocycles. The van der Waals surface area contributed by atoms with Gasteiger partial charge < -0.3 is 4.74 Å². The van der Waals surface area contributed by atoms with E-state index >= 15 is 0 Å². The Morgan fingerprint density at radius 3 is 2.25 bits per heavy atom. The molecule has 0 atom stereocenters. The van der Waals surface area contributed by atoms with Gasteiger partial charge in [-0.05, 0) is 45.0 Å². The zero-order valence-corrected chi connectivity index (χ0v) is 10.5. The van der Waals surface area contributed by atoms with Crippen molar-refractivity contribution in [2.24, 2.45) is 0 Å². The lowest BCUT2D eigenvalue weighted by Crippen LogP contribution is -2.30. The molecule has 16 heavy (non-hydrogen) atoms. The Balaban J connectivity index is 2.89. The van der Waals surface area contributed by atoms with E-state index in [-0.39, 0.29) is 10.9 Å². The highest BCUT2D eigenvalue weighted by molar-refractivity contribution is 7.89. The zero-order valence-electron chi connectivity index (χ0n) is 9.73. The quantitative estimate of drug-likeness (QED) is 0.857. The number of benzene rings is 1. The predicted molar refractivity (Wildman–Crippen MR) is 63.1 cm³/mol. The lowest BCUT2D eigenvalue weighted by molar-refractivity contribution is 0.340. The van der Waals surface area contributed by atoms with Gasteiger partial charge in [0.1, 0.15) is 5.75 Å². The molecule has 0 aliphatic carbocycles. The molecule has 0 radical (unpaired) electrons. The Labute approximate surface area is 96.7 Å². The monoisotopic (exact) mass is 243 g/mol. The summed E-state index contributed by atoms with van der Waals surface area (Å²) in [6.45, 7) is 6.01. The fourth-order valence-corrected chi connectivity index (χ4v) is 2.51. The molecule has 0 aromatic heterocycles. The van der Waals surface area contributed by atoms with Crippen LogP contribution >= 0.6 is 0 Å². The van der Waals surface area contributed by atoms with Crippen molar-refractivity contribution in [2.75, 3.05) is 6.61 Å². The Morgan fingerprint density at radius 1 is 1.25 bits per heavy atom. The summed E-state index contributed by atoms with van der Waals surface area (Å²) in [7, 11) is -3.40. The van der Waals surface area contributed by atoms with Crippen molar-refractivity contribution < 1.29 is 13.2 Å². The van der Waals surface area contributed by atoms with Crippen molar-refractivity contribution in [3.05, 3.63) is 24.3 Å². The molecule has 4 nitrogen and oxygen atoms in total. The van der Waals surface area contributed by atoms with Crippen molar-refractivity contribution in [3.8, 4) is 5.75 Å². The van der Waals surface area contributed by atoms with Gasteiger partial charge in [0, 0.05) is 6.04 Å². The third-order valence-electron chi connectivity index (χ3n) is 1.84. The second-order valence-corrected chi connectivity index (χ2v) is 5.39. The highest BCUT2D eigenvalue weighted by Gasteiger charge is 2.14. The normalized spacial score (nSPS) is 11.8. The molecule has 0 unspecified atom stereocenters. The Kier molecular flexibility index (Phi) is 4.32. The Hall–Kier alpha value is -1.07. The molecule has 5 heteroatoms. The summed E-state index contributed by atoms with van der Waals surface area (Å²) in [5, 5.41) is 0. The summed E-state index contributed by atoms with van der Waals surface area (Å²) in [5.41, 5.74) is 0. The zero-order chi connectivity index (χ0) is 12.2. The van der Waals surface area contributed by atoms with Gasteiger partial charge >= 0.3 is 0 Å². The molecule has 1 aromatic carbocycles. The van der Waals surface area contributed by atoms with Gasteiger partial charge in [-0.3, -0.25) is 0 Å². The molecule has 0 bridgehead atoms. The number of nitrogens with one attached hydrogen (secondary N) is 1. The molecule has 1 aromatic rings. The summed E-state index contributed by atoms with van der Waals surface area (Å²) >= 11 is 0. The van der Waals surface area contributed by atoms with Crippen molar-refractivity contribution >= 4 is 10.0 Å². The summed E-state index contributed by atoms with van der Waals surface area (Å²) in [6, 6.07) is 6.26. The first-order valence-electron chi connectivity index (χ1n) is 5.21. The summed E-state index contributed by atoms with van der Waals surface area (Å²) in [5.74, 6) is 0.672. The molecule has 0 heterocycles. The van der Waals surface area contributed by atoms with Gasteiger partial charge in [0.2, 0.25) is 10.0 Å². The number of hydrogen-bond donors (Lipinski definition) is 1. The van der Waals surface area contributed by atoms with E-state index in [9.17, 15) is 8.42 Å². The first kappa shape index (κ1) is 13.0. The van der Waals surface area contributed by atoms with Crippen LogP contribution in [-0.2, 0) is 10.0 Å². The molecule has 0 spiro atoms. The average Bonchev–Trinajstić information content (AvgIpc) is 2.17. The van der Waals surface area contributed by atoms with E-state index in [4.69, 9.17) is 4.74 Å². The van der Waals surface area contributed by atoms with Gasteiger partial charge in [-0.15, -0.1) is 0 Å². The van der Waals surface area contributed by atoms with Crippen LogP contribution in [0.25, 0.3) is 0 Å². The molecule has 90 valence electrons. The SMILES string of the molecule is CCOc1ccc(S(=O)(=O)NC(C)C)cc1. The molecule has 0 saturated carbocycles. The van der Waals surface area contributed by atoms with E-state index in [0.717, 1.165) is 0 Å². The largest absolute Gasteiger partial charge is 0.494 e. The number of ether oxygens (including phenoxy) is 1. The van der Waals surface area contributed by atoms with Gasteiger partial charge in [-0.2, -0.15) is 0 Å². The maximum absolute atomic E-state index is 11.8. The maximum atomic E-state index is 11.8. The molecule has 0 aliphatic heterocycles. The minimum atomic E-state index is -3.40. The maximum Gasteiger partial charge on any atom is 0.240 e. The number of sulfonamides is 1. The first-order chi connectivity index (χ1) is 7.45.